The summed E-state index contributed by atoms with van der Waals surface area (Å²) in [6, 6.07) is 8.48. The number of carbonyl (C=O) groups is 1. The van der Waals surface area contributed by atoms with Gasteiger partial charge in [0.2, 0.25) is 5.91 Å². The van der Waals surface area contributed by atoms with Crippen LogP contribution in [0, 0.1) is 11.3 Å². The average Bonchev–Trinajstić information content (AvgIpc) is 3.43. The number of nitrogens with one attached hydrogen (secondary N) is 1. The lowest BCUT2D eigenvalue weighted by atomic mass is 9.73. The summed E-state index contributed by atoms with van der Waals surface area (Å²) in [5.41, 5.74) is 1.18. The maximum atomic E-state index is 13.0. The smallest absolute Gasteiger partial charge is 0.226 e. The van der Waals surface area contributed by atoms with Crippen LogP contribution in [0.5, 0.6) is 5.75 Å². The van der Waals surface area contributed by atoms with Gasteiger partial charge in [0.1, 0.15) is 5.75 Å². The normalized spacial score (nSPS) is 23.7. The highest BCUT2D eigenvalue weighted by Gasteiger charge is 2.56. The Hall–Kier alpha value is -1.55. The second-order valence-electron chi connectivity index (χ2n) is 8.35. The maximum Gasteiger partial charge on any atom is 0.226 e. The number of nitrogens with zero attached hydrogens (tertiary/aromatic N) is 1. The summed E-state index contributed by atoms with van der Waals surface area (Å²) >= 11 is 0. The minimum atomic E-state index is -0.0223. The lowest BCUT2D eigenvalue weighted by Crippen LogP contribution is -2.44. The van der Waals surface area contributed by atoms with Crippen molar-refractivity contribution in [3.63, 3.8) is 0 Å². The lowest BCUT2D eigenvalue weighted by molar-refractivity contribution is -0.130. The van der Waals surface area contributed by atoms with Crippen LogP contribution >= 0.6 is 0 Å². The Balaban J connectivity index is 1.48. The Morgan fingerprint density at radius 1 is 1.19 bits per heavy atom. The molecule has 4 rings (SSSR count). The zero-order chi connectivity index (χ0) is 18.0. The SMILES string of the molecule is COc1ccccc1C(CNC(=O)C1(C2CCC2)CC1)N1CCCCC1. The third kappa shape index (κ3) is 3.36. The Kier molecular flexibility index (Phi) is 5.21. The van der Waals surface area contributed by atoms with Crippen molar-refractivity contribution < 1.29 is 9.53 Å². The topological polar surface area (TPSA) is 41.6 Å². The van der Waals surface area contributed by atoms with Crippen molar-refractivity contribution in [2.45, 2.75) is 57.4 Å². The van der Waals surface area contributed by atoms with Crippen molar-refractivity contribution in [1.82, 2.24) is 10.2 Å². The van der Waals surface area contributed by atoms with Crippen LogP contribution in [0.25, 0.3) is 0 Å². The molecule has 2 aliphatic carbocycles. The van der Waals surface area contributed by atoms with Crippen LogP contribution in [0.4, 0.5) is 0 Å². The minimum Gasteiger partial charge on any atom is -0.496 e. The summed E-state index contributed by atoms with van der Waals surface area (Å²) in [6.07, 6.45) is 9.77. The Morgan fingerprint density at radius 3 is 2.54 bits per heavy atom. The van der Waals surface area contributed by atoms with Gasteiger partial charge in [-0.3, -0.25) is 9.69 Å². The average molecular weight is 357 g/mol. The molecule has 0 aromatic heterocycles. The van der Waals surface area contributed by atoms with Gasteiger partial charge >= 0.3 is 0 Å². The molecular formula is C22H32N2O2. The number of ether oxygens (including phenoxy) is 1. The van der Waals surface area contributed by atoms with E-state index in [2.05, 4.69) is 22.3 Å². The summed E-state index contributed by atoms with van der Waals surface area (Å²) in [5, 5.41) is 3.35. The van der Waals surface area contributed by atoms with Gasteiger partial charge in [-0.2, -0.15) is 0 Å². The summed E-state index contributed by atoms with van der Waals surface area (Å²) in [6.45, 7) is 2.90. The number of hydrogen-bond acceptors (Lipinski definition) is 3. The van der Waals surface area contributed by atoms with Crippen molar-refractivity contribution in [3.05, 3.63) is 29.8 Å². The standard InChI is InChI=1S/C22H32N2O2/c1-26-20-11-4-3-10-18(20)19(24-14-5-2-6-15-24)16-23-21(25)22(12-13-22)17-8-7-9-17/h3-4,10-11,17,19H,2,5-9,12-16H2,1H3,(H,23,25). The fourth-order valence-corrected chi connectivity index (χ4v) is 4.89. The second kappa shape index (κ2) is 7.59. The fourth-order valence-electron chi connectivity index (χ4n) is 4.89. The molecule has 1 aromatic carbocycles. The van der Waals surface area contributed by atoms with Crippen LogP contribution in [0.15, 0.2) is 24.3 Å². The van der Waals surface area contributed by atoms with E-state index in [0.717, 1.165) is 31.7 Å². The summed E-state index contributed by atoms with van der Waals surface area (Å²) in [4.78, 5) is 15.5. The van der Waals surface area contributed by atoms with E-state index in [1.54, 1.807) is 7.11 Å². The molecule has 1 unspecified atom stereocenters. The van der Waals surface area contributed by atoms with Crippen molar-refractivity contribution in [3.8, 4) is 5.75 Å². The van der Waals surface area contributed by atoms with E-state index in [1.165, 1.54) is 44.1 Å². The minimum absolute atomic E-state index is 0.0223. The molecule has 1 saturated heterocycles. The van der Waals surface area contributed by atoms with Gasteiger partial charge in [0, 0.05) is 12.1 Å². The number of amides is 1. The molecule has 1 N–H and O–H groups in total. The van der Waals surface area contributed by atoms with Crippen LogP contribution < -0.4 is 10.1 Å². The molecule has 2 saturated carbocycles. The largest absolute Gasteiger partial charge is 0.496 e. The predicted octanol–water partition coefficient (Wildman–Crippen LogP) is 3.92. The molecule has 26 heavy (non-hydrogen) atoms. The molecule has 142 valence electrons. The molecule has 0 bridgehead atoms. The van der Waals surface area contributed by atoms with E-state index in [4.69, 9.17) is 4.74 Å². The van der Waals surface area contributed by atoms with Crippen LogP contribution in [0.3, 0.4) is 0 Å². The summed E-state index contributed by atoms with van der Waals surface area (Å²) < 4.78 is 5.63. The second-order valence-corrected chi connectivity index (χ2v) is 8.35. The molecule has 1 aliphatic heterocycles. The first kappa shape index (κ1) is 17.8. The van der Waals surface area contributed by atoms with Gasteiger partial charge in [-0.1, -0.05) is 31.0 Å². The molecule has 3 fully saturated rings. The zero-order valence-electron chi connectivity index (χ0n) is 16.0. The Labute approximate surface area is 157 Å². The first-order chi connectivity index (χ1) is 12.7. The van der Waals surface area contributed by atoms with Gasteiger partial charge in [-0.05, 0) is 63.6 Å². The van der Waals surface area contributed by atoms with Crippen molar-refractivity contribution >= 4 is 5.91 Å². The quantitative estimate of drug-likeness (QED) is 0.805. The summed E-state index contributed by atoms with van der Waals surface area (Å²) in [5.74, 6) is 1.87. The highest BCUT2D eigenvalue weighted by Crippen LogP contribution is 2.58. The monoisotopic (exact) mass is 356 g/mol. The molecule has 0 spiro atoms. The van der Waals surface area contributed by atoms with E-state index in [9.17, 15) is 4.79 Å². The van der Waals surface area contributed by atoms with Gasteiger partial charge in [0.15, 0.2) is 0 Å². The molecule has 0 radical (unpaired) electrons. The first-order valence-corrected chi connectivity index (χ1v) is 10.4. The maximum absolute atomic E-state index is 13.0. The van der Waals surface area contributed by atoms with Gasteiger partial charge in [-0.25, -0.2) is 0 Å². The van der Waals surface area contributed by atoms with Crippen LogP contribution in [-0.4, -0.2) is 37.6 Å². The molecule has 1 atom stereocenters. The van der Waals surface area contributed by atoms with Crippen LogP contribution in [0.1, 0.15) is 63.0 Å². The summed E-state index contributed by atoms with van der Waals surface area (Å²) in [7, 11) is 1.74. The molecule has 1 amide bonds. The van der Waals surface area contributed by atoms with Gasteiger partial charge in [0.05, 0.1) is 18.6 Å². The Morgan fingerprint density at radius 2 is 1.92 bits per heavy atom. The highest BCUT2D eigenvalue weighted by molar-refractivity contribution is 5.85. The fraction of sp³-hybridized carbons (Fsp3) is 0.682. The third-order valence-corrected chi connectivity index (χ3v) is 6.91. The number of rotatable bonds is 7. The molecule has 4 nitrogen and oxygen atoms in total. The van der Waals surface area contributed by atoms with Gasteiger partial charge < -0.3 is 10.1 Å². The predicted molar refractivity (Wildman–Crippen MR) is 103 cm³/mol. The lowest BCUT2D eigenvalue weighted by Gasteiger charge is -2.37. The molecule has 3 aliphatic rings. The number of hydrogen-bond donors (Lipinski definition) is 1. The van der Waals surface area contributed by atoms with Gasteiger partial charge in [-0.15, -0.1) is 0 Å². The zero-order valence-corrected chi connectivity index (χ0v) is 16.0. The van der Waals surface area contributed by atoms with E-state index in [-0.39, 0.29) is 11.5 Å². The van der Waals surface area contributed by atoms with E-state index in [1.807, 2.05) is 12.1 Å². The molecule has 1 heterocycles. The molecular weight excluding hydrogens is 324 g/mol. The highest BCUT2D eigenvalue weighted by atomic mass is 16.5. The van der Waals surface area contributed by atoms with Crippen molar-refractivity contribution in [2.75, 3.05) is 26.7 Å². The third-order valence-electron chi connectivity index (χ3n) is 6.91. The Bertz CT molecular complexity index is 631. The molecule has 4 heteroatoms. The van der Waals surface area contributed by atoms with E-state index >= 15 is 0 Å². The number of benzene rings is 1. The van der Waals surface area contributed by atoms with Crippen molar-refractivity contribution in [1.29, 1.82) is 0 Å². The number of methoxy groups -OCH3 is 1. The van der Waals surface area contributed by atoms with Crippen LogP contribution in [0.2, 0.25) is 0 Å². The number of para-hydroxylation sites is 1. The van der Waals surface area contributed by atoms with E-state index in [0.29, 0.717) is 18.4 Å². The molecule has 1 aromatic rings. The van der Waals surface area contributed by atoms with Crippen molar-refractivity contribution in [2.24, 2.45) is 11.3 Å². The first-order valence-electron chi connectivity index (χ1n) is 10.4. The van der Waals surface area contributed by atoms with E-state index < -0.39 is 0 Å². The number of likely N-dealkylation sites (tertiary alicyclic amines) is 1. The van der Waals surface area contributed by atoms with Gasteiger partial charge in [0.25, 0.3) is 0 Å². The number of carbonyl (C=O) groups excluding carboxylic acids is 1. The van der Waals surface area contributed by atoms with Crippen LogP contribution in [-0.2, 0) is 4.79 Å². The number of piperidine rings is 1.